The number of hydrogen-bond donors (Lipinski definition) is 1. The Kier molecular flexibility index (Phi) is 4.29. The molecular formula is C12H21N3O3S. The molecule has 0 spiro atoms. The molecule has 7 heteroatoms. The van der Waals surface area contributed by atoms with Crippen molar-refractivity contribution in [2.45, 2.75) is 31.3 Å². The van der Waals surface area contributed by atoms with Crippen LogP contribution in [0.1, 0.15) is 25.6 Å². The first-order valence-corrected chi connectivity index (χ1v) is 7.89. The van der Waals surface area contributed by atoms with Crippen LogP contribution in [0.2, 0.25) is 0 Å². The summed E-state index contributed by atoms with van der Waals surface area (Å²) in [7, 11) is -3.43. The second-order valence-electron chi connectivity index (χ2n) is 4.89. The van der Waals surface area contributed by atoms with E-state index in [4.69, 9.17) is 10.5 Å². The Morgan fingerprint density at radius 1 is 1.37 bits per heavy atom. The monoisotopic (exact) mass is 287 g/mol. The summed E-state index contributed by atoms with van der Waals surface area (Å²) in [6.07, 6.45) is 1.68. The summed E-state index contributed by atoms with van der Waals surface area (Å²) in [5.74, 6) is 0. The van der Waals surface area contributed by atoms with Crippen molar-refractivity contribution in [1.82, 2.24) is 8.87 Å². The fraction of sp³-hybridized carbons (Fsp3) is 0.667. The lowest BCUT2D eigenvalue weighted by Crippen LogP contribution is -2.40. The van der Waals surface area contributed by atoms with Gasteiger partial charge in [-0.25, -0.2) is 8.42 Å². The highest BCUT2D eigenvalue weighted by Crippen LogP contribution is 2.22. The normalized spacial score (nSPS) is 18.1. The van der Waals surface area contributed by atoms with Crippen LogP contribution in [0, 0.1) is 0 Å². The number of nitrogens with zero attached hydrogens (tertiary/aromatic N) is 2. The van der Waals surface area contributed by atoms with Gasteiger partial charge < -0.3 is 15.0 Å². The Hall–Kier alpha value is -0.890. The minimum atomic E-state index is -3.43. The molecule has 6 nitrogen and oxygen atoms in total. The molecule has 1 aromatic rings. The van der Waals surface area contributed by atoms with Crippen LogP contribution in [0.3, 0.4) is 0 Å². The van der Waals surface area contributed by atoms with E-state index in [1.807, 2.05) is 18.4 Å². The number of nitrogens with two attached hydrogens (primary N) is 1. The quantitative estimate of drug-likeness (QED) is 0.877. The fourth-order valence-corrected chi connectivity index (χ4v) is 3.68. The Bertz CT molecular complexity index is 530. The van der Waals surface area contributed by atoms with E-state index in [0.717, 1.165) is 5.69 Å². The van der Waals surface area contributed by atoms with E-state index in [9.17, 15) is 8.42 Å². The van der Waals surface area contributed by atoms with Gasteiger partial charge in [0.2, 0.25) is 10.0 Å². The van der Waals surface area contributed by atoms with Gasteiger partial charge in [-0.3, -0.25) is 0 Å². The number of sulfonamides is 1. The van der Waals surface area contributed by atoms with Gasteiger partial charge in [0.1, 0.15) is 4.90 Å². The van der Waals surface area contributed by atoms with Crippen molar-refractivity contribution in [3.8, 4) is 0 Å². The molecule has 0 atom stereocenters. The van der Waals surface area contributed by atoms with E-state index >= 15 is 0 Å². The minimum Gasteiger partial charge on any atom is -0.379 e. The van der Waals surface area contributed by atoms with Gasteiger partial charge in [-0.2, -0.15) is 4.31 Å². The van der Waals surface area contributed by atoms with Crippen LogP contribution >= 0.6 is 0 Å². The number of hydrogen-bond acceptors (Lipinski definition) is 4. The van der Waals surface area contributed by atoms with Crippen LogP contribution in [0.4, 0.5) is 0 Å². The van der Waals surface area contributed by atoms with Crippen molar-refractivity contribution in [2.24, 2.45) is 5.73 Å². The molecule has 0 aromatic carbocycles. The van der Waals surface area contributed by atoms with Crippen molar-refractivity contribution in [3.63, 3.8) is 0 Å². The highest BCUT2D eigenvalue weighted by molar-refractivity contribution is 7.89. The van der Waals surface area contributed by atoms with E-state index in [2.05, 4.69) is 0 Å². The van der Waals surface area contributed by atoms with Crippen LogP contribution in [0.5, 0.6) is 0 Å². The molecule has 0 bridgehead atoms. The van der Waals surface area contributed by atoms with Crippen molar-refractivity contribution in [3.05, 3.63) is 18.0 Å². The third-order valence-electron chi connectivity index (χ3n) is 3.28. The molecule has 2 rings (SSSR count). The topological polar surface area (TPSA) is 77.6 Å². The van der Waals surface area contributed by atoms with Crippen LogP contribution < -0.4 is 5.73 Å². The van der Waals surface area contributed by atoms with Gasteiger partial charge >= 0.3 is 0 Å². The summed E-state index contributed by atoms with van der Waals surface area (Å²) in [6.45, 7) is 6.06. The predicted molar refractivity (Wildman–Crippen MR) is 72.3 cm³/mol. The van der Waals surface area contributed by atoms with E-state index in [1.54, 1.807) is 12.3 Å². The number of morpholine rings is 1. The third kappa shape index (κ3) is 2.84. The molecule has 0 saturated carbocycles. The molecule has 1 saturated heterocycles. The Morgan fingerprint density at radius 3 is 2.47 bits per heavy atom. The summed E-state index contributed by atoms with van der Waals surface area (Å²) in [4.78, 5) is 0.323. The zero-order valence-corrected chi connectivity index (χ0v) is 12.2. The van der Waals surface area contributed by atoms with Crippen LogP contribution in [0.15, 0.2) is 17.2 Å². The minimum absolute atomic E-state index is 0.187. The number of ether oxygens (including phenoxy) is 1. The molecule has 1 fully saturated rings. The van der Waals surface area contributed by atoms with Gasteiger partial charge in [0.15, 0.2) is 0 Å². The van der Waals surface area contributed by atoms with Gasteiger partial charge in [-0.05, 0) is 19.9 Å². The molecule has 0 unspecified atom stereocenters. The lowest BCUT2D eigenvalue weighted by atomic mass is 10.3. The maximum Gasteiger partial charge on any atom is 0.244 e. The summed E-state index contributed by atoms with van der Waals surface area (Å²) in [6, 6.07) is 1.86. The van der Waals surface area contributed by atoms with E-state index < -0.39 is 10.0 Å². The highest BCUT2D eigenvalue weighted by Gasteiger charge is 2.28. The van der Waals surface area contributed by atoms with Crippen LogP contribution in [-0.2, 0) is 21.3 Å². The first kappa shape index (κ1) is 14.5. The standard InChI is InChI=1S/C12H21N3O3S/c1-10(2)15-9-12(7-11(15)8-13)19(16,17)14-3-5-18-6-4-14/h7,9-10H,3-6,8,13H2,1-2H3. The van der Waals surface area contributed by atoms with Gasteiger partial charge in [0.05, 0.1) is 13.2 Å². The molecule has 0 amide bonds. The number of rotatable bonds is 4. The SMILES string of the molecule is CC(C)n1cc(S(=O)(=O)N2CCOCC2)cc1CN. The van der Waals surface area contributed by atoms with Crippen LogP contribution in [-0.4, -0.2) is 43.6 Å². The Morgan fingerprint density at radius 2 is 2.00 bits per heavy atom. The first-order valence-electron chi connectivity index (χ1n) is 6.45. The second-order valence-corrected chi connectivity index (χ2v) is 6.83. The smallest absolute Gasteiger partial charge is 0.244 e. The largest absolute Gasteiger partial charge is 0.379 e. The molecule has 0 radical (unpaired) electrons. The van der Waals surface area contributed by atoms with Crippen LogP contribution in [0.25, 0.3) is 0 Å². The molecule has 19 heavy (non-hydrogen) atoms. The molecule has 1 aliphatic heterocycles. The maximum absolute atomic E-state index is 12.5. The van der Waals surface area contributed by atoms with Crippen molar-refractivity contribution >= 4 is 10.0 Å². The molecule has 2 N–H and O–H groups in total. The second kappa shape index (κ2) is 5.62. The predicted octanol–water partition coefficient (Wildman–Crippen LogP) is 0.549. The average molecular weight is 287 g/mol. The van der Waals surface area contributed by atoms with Crippen molar-refractivity contribution in [1.29, 1.82) is 0 Å². The summed E-state index contributed by atoms with van der Waals surface area (Å²) >= 11 is 0. The molecule has 0 aliphatic carbocycles. The van der Waals surface area contributed by atoms with E-state index in [1.165, 1.54) is 4.31 Å². The summed E-state index contributed by atoms with van der Waals surface area (Å²) < 4.78 is 33.6. The van der Waals surface area contributed by atoms with Gasteiger partial charge in [-0.1, -0.05) is 0 Å². The molecule has 1 aliphatic rings. The molecule has 1 aromatic heterocycles. The maximum atomic E-state index is 12.5. The first-order chi connectivity index (χ1) is 8.96. The average Bonchev–Trinajstić information content (AvgIpc) is 2.84. The zero-order chi connectivity index (χ0) is 14.0. The molecule has 2 heterocycles. The van der Waals surface area contributed by atoms with Gasteiger partial charge in [-0.15, -0.1) is 0 Å². The summed E-state index contributed by atoms with van der Waals surface area (Å²) in [5, 5.41) is 0. The van der Waals surface area contributed by atoms with E-state index in [0.29, 0.717) is 37.7 Å². The van der Waals surface area contributed by atoms with Gasteiger partial charge in [0.25, 0.3) is 0 Å². The lowest BCUT2D eigenvalue weighted by Gasteiger charge is -2.25. The lowest BCUT2D eigenvalue weighted by molar-refractivity contribution is 0.0730. The third-order valence-corrected chi connectivity index (χ3v) is 5.14. The van der Waals surface area contributed by atoms with Gasteiger partial charge in [0, 0.05) is 37.6 Å². The molecule has 108 valence electrons. The zero-order valence-electron chi connectivity index (χ0n) is 11.4. The summed E-state index contributed by atoms with van der Waals surface area (Å²) in [5.41, 5.74) is 6.51. The fourth-order valence-electron chi connectivity index (χ4n) is 2.22. The number of aromatic nitrogens is 1. The Balaban J connectivity index is 2.34. The van der Waals surface area contributed by atoms with Crippen molar-refractivity contribution < 1.29 is 13.2 Å². The highest BCUT2D eigenvalue weighted by atomic mass is 32.2. The van der Waals surface area contributed by atoms with E-state index in [-0.39, 0.29) is 6.04 Å². The molecular weight excluding hydrogens is 266 g/mol. The Labute approximate surface area is 114 Å². The van der Waals surface area contributed by atoms with Crippen molar-refractivity contribution in [2.75, 3.05) is 26.3 Å².